The van der Waals surface area contributed by atoms with Crippen LogP contribution in [0.15, 0.2) is 48.5 Å². The van der Waals surface area contributed by atoms with Crippen molar-refractivity contribution < 1.29 is 18.7 Å². The summed E-state index contributed by atoms with van der Waals surface area (Å²) in [5.41, 5.74) is 2.04. The van der Waals surface area contributed by atoms with E-state index in [4.69, 9.17) is 9.47 Å². The molecule has 0 amide bonds. The van der Waals surface area contributed by atoms with Gasteiger partial charge in [-0.05, 0) is 36.8 Å². The Morgan fingerprint density at radius 3 is 2.64 bits per heavy atom. The Kier molecular flexibility index (Phi) is 5.03. The SMILES string of the molecule is CCOC(=O)c1n[nH]nc1-c1ccccc1COc1ccc(F)cc1. The van der Waals surface area contributed by atoms with Crippen molar-refractivity contribution in [3.05, 3.63) is 65.6 Å². The highest BCUT2D eigenvalue weighted by atomic mass is 19.1. The van der Waals surface area contributed by atoms with Crippen LogP contribution >= 0.6 is 0 Å². The Hall–Kier alpha value is -3.22. The average molecular weight is 341 g/mol. The molecule has 0 atom stereocenters. The topological polar surface area (TPSA) is 77.1 Å². The molecule has 0 unspecified atom stereocenters. The zero-order chi connectivity index (χ0) is 17.6. The number of rotatable bonds is 6. The maximum Gasteiger partial charge on any atom is 0.361 e. The van der Waals surface area contributed by atoms with Crippen molar-refractivity contribution in [2.45, 2.75) is 13.5 Å². The average Bonchev–Trinajstić information content (AvgIpc) is 3.11. The van der Waals surface area contributed by atoms with Gasteiger partial charge in [-0.25, -0.2) is 9.18 Å². The standard InChI is InChI=1S/C18H16FN3O3/c1-2-24-18(23)17-16(20-22-21-17)15-6-4-3-5-12(15)11-25-14-9-7-13(19)8-10-14/h3-10H,2,11H2,1H3,(H,20,21,22). The number of carbonyl (C=O) groups is 1. The van der Waals surface area contributed by atoms with E-state index >= 15 is 0 Å². The van der Waals surface area contributed by atoms with E-state index in [1.165, 1.54) is 12.1 Å². The zero-order valence-corrected chi connectivity index (χ0v) is 13.5. The minimum Gasteiger partial charge on any atom is -0.489 e. The molecule has 0 aliphatic heterocycles. The third-order valence-corrected chi connectivity index (χ3v) is 3.50. The van der Waals surface area contributed by atoms with Gasteiger partial charge in [0.15, 0.2) is 5.69 Å². The number of aromatic nitrogens is 3. The van der Waals surface area contributed by atoms with Crippen molar-refractivity contribution >= 4 is 5.97 Å². The first-order chi connectivity index (χ1) is 12.2. The molecule has 0 spiro atoms. The van der Waals surface area contributed by atoms with E-state index in [-0.39, 0.29) is 24.7 Å². The summed E-state index contributed by atoms with van der Waals surface area (Å²) in [6, 6.07) is 13.1. The predicted octanol–water partition coefficient (Wildman–Crippen LogP) is 3.37. The summed E-state index contributed by atoms with van der Waals surface area (Å²) in [7, 11) is 0. The number of halogens is 1. The molecule has 0 radical (unpaired) electrons. The number of carbonyl (C=O) groups excluding carboxylic acids is 1. The lowest BCUT2D eigenvalue weighted by molar-refractivity contribution is 0.0520. The second-order valence-corrected chi connectivity index (χ2v) is 5.14. The third kappa shape index (κ3) is 3.82. The van der Waals surface area contributed by atoms with Gasteiger partial charge in [0.1, 0.15) is 23.9 Å². The molecular formula is C18H16FN3O3. The number of esters is 1. The smallest absolute Gasteiger partial charge is 0.361 e. The predicted molar refractivity (Wildman–Crippen MR) is 88.5 cm³/mol. The van der Waals surface area contributed by atoms with E-state index < -0.39 is 5.97 Å². The summed E-state index contributed by atoms with van der Waals surface area (Å²) in [4.78, 5) is 12.0. The molecule has 0 aliphatic carbocycles. The quantitative estimate of drug-likeness (QED) is 0.696. The zero-order valence-electron chi connectivity index (χ0n) is 13.5. The maximum atomic E-state index is 13.0. The van der Waals surface area contributed by atoms with Gasteiger partial charge in [0, 0.05) is 5.56 Å². The second kappa shape index (κ2) is 7.57. The normalized spacial score (nSPS) is 10.5. The van der Waals surface area contributed by atoms with Crippen molar-refractivity contribution in [2.75, 3.05) is 6.61 Å². The lowest BCUT2D eigenvalue weighted by atomic mass is 10.0. The molecule has 128 valence electrons. The number of ether oxygens (including phenoxy) is 2. The summed E-state index contributed by atoms with van der Waals surface area (Å²) >= 11 is 0. The minimum absolute atomic E-state index is 0.121. The van der Waals surface area contributed by atoms with Crippen molar-refractivity contribution in [2.24, 2.45) is 0 Å². The first-order valence-electron chi connectivity index (χ1n) is 7.73. The highest BCUT2D eigenvalue weighted by Crippen LogP contribution is 2.25. The summed E-state index contributed by atoms with van der Waals surface area (Å²) in [6.45, 7) is 2.21. The number of nitrogens with one attached hydrogen (secondary N) is 1. The van der Waals surface area contributed by atoms with E-state index in [0.29, 0.717) is 17.0 Å². The fourth-order valence-corrected chi connectivity index (χ4v) is 2.33. The molecule has 25 heavy (non-hydrogen) atoms. The van der Waals surface area contributed by atoms with Gasteiger partial charge in [0.2, 0.25) is 0 Å². The van der Waals surface area contributed by atoms with Gasteiger partial charge in [-0.1, -0.05) is 24.3 Å². The molecule has 0 aliphatic rings. The summed E-state index contributed by atoms with van der Waals surface area (Å²) in [6.07, 6.45) is 0. The first-order valence-corrected chi connectivity index (χ1v) is 7.73. The Bertz CT molecular complexity index is 862. The number of benzene rings is 2. The van der Waals surface area contributed by atoms with E-state index in [9.17, 15) is 9.18 Å². The Morgan fingerprint density at radius 2 is 1.88 bits per heavy atom. The first kappa shape index (κ1) is 16.6. The van der Waals surface area contributed by atoms with E-state index in [1.807, 2.05) is 24.3 Å². The molecule has 0 saturated carbocycles. The summed E-state index contributed by atoms with van der Waals surface area (Å²) < 4.78 is 23.7. The van der Waals surface area contributed by atoms with Crippen LogP contribution in [0.3, 0.4) is 0 Å². The molecule has 3 aromatic rings. The van der Waals surface area contributed by atoms with Crippen molar-refractivity contribution in [3.8, 4) is 17.0 Å². The number of nitrogens with zero attached hydrogens (tertiary/aromatic N) is 2. The Morgan fingerprint density at radius 1 is 1.12 bits per heavy atom. The van der Waals surface area contributed by atoms with Gasteiger partial charge < -0.3 is 9.47 Å². The number of H-pyrrole nitrogens is 1. The van der Waals surface area contributed by atoms with Crippen LogP contribution in [0, 0.1) is 5.82 Å². The monoisotopic (exact) mass is 341 g/mol. The third-order valence-electron chi connectivity index (χ3n) is 3.50. The number of aromatic amines is 1. The summed E-state index contributed by atoms with van der Waals surface area (Å²) in [5.74, 6) is -0.322. The minimum atomic E-state index is -0.541. The van der Waals surface area contributed by atoms with E-state index in [2.05, 4.69) is 15.4 Å². The van der Waals surface area contributed by atoms with Gasteiger partial charge >= 0.3 is 5.97 Å². The van der Waals surface area contributed by atoms with Gasteiger partial charge in [0.25, 0.3) is 0 Å². The van der Waals surface area contributed by atoms with Crippen molar-refractivity contribution in [1.29, 1.82) is 0 Å². The van der Waals surface area contributed by atoms with Crippen LogP contribution in [-0.4, -0.2) is 28.0 Å². The molecule has 2 aromatic carbocycles. The lowest BCUT2D eigenvalue weighted by Gasteiger charge is -2.10. The molecule has 7 heteroatoms. The molecule has 3 rings (SSSR count). The molecule has 1 N–H and O–H groups in total. The Balaban J connectivity index is 1.85. The highest BCUT2D eigenvalue weighted by molar-refractivity contribution is 5.94. The molecule has 1 aromatic heterocycles. The van der Waals surface area contributed by atoms with Crippen LogP contribution in [0.2, 0.25) is 0 Å². The van der Waals surface area contributed by atoms with Crippen molar-refractivity contribution in [1.82, 2.24) is 15.4 Å². The molecule has 1 heterocycles. The fourth-order valence-electron chi connectivity index (χ4n) is 2.33. The molecular weight excluding hydrogens is 325 g/mol. The van der Waals surface area contributed by atoms with Gasteiger partial charge in [0.05, 0.1) is 6.61 Å². The van der Waals surface area contributed by atoms with E-state index in [1.54, 1.807) is 19.1 Å². The molecule has 0 saturated heterocycles. The number of hydrogen-bond donors (Lipinski definition) is 1. The van der Waals surface area contributed by atoms with Gasteiger partial charge in [-0.3, -0.25) is 0 Å². The van der Waals surface area contributed by atoms with Crippen LogP contribution < -0.4 is 4.74 Å². The van der Waals surface area contributed by atoms with Crippen LogP contribution in [-0.2, 0) is 11.3 Å². The highest BCUT2D eigenvalue weighted by Gasteiger charge is 2.21. The largest absolute Gasteiger partial charge is 0.489 e. The Labute approximate surface area is 143 Å². The number of hydrogen-bond acceptors (Lipinski definition) is 5. The van der Waals surface area contributed by atoms with Crippen molar-refractivity contribution in [3.63, 3.8) is 0 Å². The van der Waals surface area contributed by atoms with Gasteiger partial charge in [-0.15, -0.1) is 5.10 Å². The van der Waals surface area contributed by atoms with Crippen LogP contribution in [0.5, 0.6) is 5.75 Å². The maximum absolute atomic E-state index is 13.0. The molecule has 0 bridgehead atoms. The second-order valence-electron chi connectivity index (χ2n) is 5.14. The van der Waals surface area contributed by atoms with Gasteiger partial charge in [-0.2, -0.15) is 10.3 Å². The van der Waals surface area contributed by atoms with Crippen LogP contribution in [0.1, 0.15) is 23.0 Å². The van der Waals surface area contributed by atoms with Crippen LogP contribution in [0.4, 0.5) is 4.39 Å². The van der Waals surface area contributed by atoms with E-state index in [0.717, 1.165) is 5.56 Å². The fraction of sp³-hybridized carbons (Fsp3) is 0.167. The molecule has 6 nitrogen and oxygen atoms in total. The van der Waals surface area contributed by atoms with Crippen LogP contribution in [0.25, 0.3) is 11.3 Å². The summed E-state index contributed by atoms with van der Waals surface area (Å²) in [5, 5.41) is 10.4. The lowest BCUT2D eigenvalue weighted by Crippen LogP contribution is -2.07. The molecule has 0 fully saturated rings.